The van der Waals surface area contributed by atoms with Crippen LogP contribution in [0.1, 0.15) is 33.1 Å². The van der Waals surface area contributed by atoms with Gasteiger partial charge in [-0.05, 0) is 31.1 Å². The van der Waals surface area contributed by atoms with E-state index in [1.54, 1.807) is 0 Å². The lowest BCUT2D eigenvalue weighted by molar-refractivity contribution is -0.0273. The highest BCUT2D eigenvalue weighted by atomic mass is 16.5. The van der Waals surface area contributed by atoms with Crippen molar-refractivity contribution in [3.8, 4) is 0 Å². The molecule has 2 nitrogen and oxygen atoms in total. The van der Waals surface area contributed by atoms with Gasteiger partial charge in [-0.2, -0.15) is 0 Å². The quantitative estimate of drug-likeness (QED) is 0.386. The monoisotopic (exact) mass is 208 g/mol. The molecule has 0 amide bonds. The molecule has 0 radical (unpaired) electrons. The van der Waals surface area contributed by atoms with Crippen LogP contribution in [0.5, 0.6) is 0 Å². The molecule has 1 fully saturated rings. The molecule has 0 aromatic heterocycles. The van der Waals surface area contributed by atoms with Crippen molar-refractivity contribution in [1.82, 2.24) is 0 Å². The lowest BCUT2D eigenvalue weighted by Crippen LogP contribution is -2.39. The first-order valence-corrected chi connectivity index (χ1v) is 6.02. The van der Waals surface area contributed by atoms with Gasteiger partial charge in [0.15, 0.2) is 0 Å². The van der Waals surface area contributed by atoms with Gasteiger partial charge in [-0.1, -0.05) is 19.1 Å². The minimum absolute atomic E-state index is 0.245. The molecule has 0 N–H and O–H groups in total. The fraction of sp³-hybridized carbons (Fsp3) is 0.769. The third kappa shape index (κ3) is 2.00. The lowest BCUT2D eigenvalue weighted by atomic mass is 9.89. The predicted octanol–water partition coefficient (Wildman–Crippen LogP) is 2.41. The number of fused-ring (bicyclic) bond motifs is 2. The summed E-state index contributed by atoms with van der Waals surface area (Å²) >= 11 is 0. The number of allylic oxidation sites excluding steroid dienone is 1. The molecule has 2 heteroatoms. The average molecular weight is 208 g/mol. The van der Waals surface area contributed by atoms with Gasteiger partial charge < -0.3 is 9.16 Å². The molecular weight excluding hydrogens is 188 g/mol. The molecule has 0 aliphatic heterocycles. The van der Waals surface area contributed by atoms with Crippen molar-refractivity contribution in [2.24, 2.45) is 11.8 Å². The van der Waals surface area contributed by atoms with Crippen molar-refractivity contribution in [1.29, 1.82) is 0 Å². The van der Waals surface area contributed by atoms with Crippen molar-refractivity contribution in [3.63, 3.8) is 0 Å². The molecule has 0 saturated heterocycles. The third-order valence-electron chi connectivity index (χ3n) is 3.29. The van der Waals surface area contributed by atoms with Crippen molar-refractivity contribution < 1.29 is 9.16 Å². The number of hydrogen-bond acceptors (Lipinski definition) is 1. The molecule has 15 heavy (non-hydrogen) atoms. The van der Waals surface area contributed by atoms with E-state index in [1.807, 2.05) is 6.92 Å². The van der Waals surface area contributed by atoms with E-state index in [9.17, 15) is 0 Å². The minimum Gasteiger partial charge on any atom is -0.454 e. The largest absolute Gasteiger partial charge is 0.454 e. The van der Waals surface area contributed by atoms with Crippen LogP contribution in [-0.4, -0.2) is 25.1 Å². The van der Waals surface area contributed by atoms with Crippen molar-refractivity contribution in [2.75, 3.05) is 13.2 Å². The number of carbonyl (C=O) groups excluding carboxylic acids is 1. The highest BCUT2D eigenvalue weighted by Crippen LogP contribution is 2.47. The topological polar surface area (TPSA) is 20.5 Å². The highest BCUT2D eigenvalue weighted by molar-refractivity contribution is 5.67. The molecule has 84 valence electrons. The van der Waals surface area contributed by atoms with Crippen molar-refractivity contribution in [2.45, 2.75) is 38.7 Å². The Morgan fingerprint density at radius 1 is 1.47 bits per heavy atom. The van der Waals surface area contributed by atoms with Gasteiger partial charge in [0, 0.05) is 25.4 Å². The second-order valence-corrected chi connectivity index (χ2v) is 4.46. The van der Waals surface area contributed by atoms with Crippen molar-refractivity contribution in [3.05, 3.63) is 12.2 Å². The summed E-state index contributed by atoms with van der Waals surface area (Å²) in [4.78, 5) is 0. The Hall–Kier alpha value is -0.630. The number of hydrogen-bond donors (Lipinski definition) is 0. The maximum atomic E-state index is 5.99. The zero-order valence-corrected chi connectivity index (χ0v) is 9.66. The fourth-order valence-electron chi connectivity index (χ4n) is 2.60. The molecule has 0 unspecified atom stereocenters. The van der Waals surface area contributed by atoms with Crippen LogP contribution in [0, 0.1) is 11.8 Å². The maximum absolute atomic E-state index is 5.99. The Bertz CT molecular complexity index is 270. The maximum Gasteiger partial charge on any atom is 0.215 e. The number of ether oxygens (including phenoxy) is 1. The van der Waals surface area contributed by atoms with Gasteiger partial charge in [0.05, 0.1) is 0 Å². The summed E-state index contributed by atoms with van der Waals surface area (Å²) in [6.45, 7) is 5.61. The van der Waals surface area contributed by atoms with Crippen LogP contribution in [0.15, 0.2) is 12.2 Å². The van der Waals surface area contributed by atoms with Gasteiger partial charge in [-0.15, -0.1) is 0 Å². The minimum atomic E-state index is -0.245. The third-order valence-corrected chi connectivity index (χ3v) is 3.29. The summed E-state index contributed by atoms with van der Waals surface area (Å²) in [5, 5.41) is 0. The smallest absolute Gasteiger partial charge is 0.215 e. The zero-order valence-electron chi connectivity index (χ0n) is 9.66. The summed E-state index contributed by atoms with van der Waals surface area (Å²) in [5.74, 6) is 1.17. The SMILES string of the molecule is CCCO[C@@]1([C-]=[O+]CC)C[C@@H]2C=C[C@H]1C2. The first-order valence-electron chi connectivity index (χ1n) is 6.02. The fourth-order valence-corrected chi connectivity index (χ4v) is 2.60. The van der Waals surface area contributed by atoms with E-state index in [4.69, 9.17) is 9.16 Å². The molecule has 1 saturated carbocycles. The number of rotatable bonds is 5. The van der Waals surface area contributed by atoms with Gasteiger partial charge in [-0.3, -0.25) is 0 Å². The van der Waals surface area contributed by atoms with E-state index in [-0.39, 0.29) is 5.60 Å². The van der Waals surface area contributed by atoms with Crippen molar-refractivity contribution >= 4 is 6.29 Å². The molecule has 2 rings (SSSR count). The normalized spacial score (nSPS) is 38.3. The molecule has 2 bridgehead atoms. The second kappa shape index (κ2) is 4.48. The molecule has 0 aromatic carbocycles. The Balaban J connectivity index is 2.09. The standard InChI is InChI=1S/C13H20O2/c1-3-7-15-13(10-14-4-2)9-11-5-6-12(13)8-11/h5-6,11-12H,3-4,7-9H2,1-2H3/t11-,12+,13-/m1/s1. The van der Waals surface area contributed by atoms with Gasteiger partial charge >= 0.3 is 0 Å². The van der Waals surface area contributed by atoms with Crippen LogP contribution in [0.2, 0.25) is 0 Å². The van der Waals surface area contributed by atoms with E-state index >= 15 is 0 Å². The van der Waals surface area contributed by atoms with Crippen LogP contribution in [0.3, 0.4) is 0 Å². The summed E-state index contributed by atoms with van der Waals surface area (Å²) < 4.78 is 11.3. The van der Waals surface area contributed by atoms with E-state index in [0.717, 1.165) is 19.4 Å². The second-order valence-electron chi connectivity index (χ2n) is 4.46. The van der Waals surface area contributed by atoms with E-state index in [0.29, 0.717) is 18.4 Å². The van der Waals surface area contributed by atoms with Gasteiger partial charge in [-0.25, -0.2) is 0 Å². The van der Waals surface area contributed by atoms with Gasteiger partial charge in [0.2, 0.25) is 6.61 Å². The molecule has 3 atom stereocenters. The van der Waals surface area contributed by atoms with Gasteiger partial charge in [0.25, 0.3) is 0 Å². The zero-order chi connectivity index (χ0) is 10.7. The Labute approximate surface area is 92.0 Å². The first kappa shape index (κ1) is 10.9. The lowest BCUT2D eigenvalue weighted by Gasteiger charge is -2.36. The average Bonchev–Trinajstić information content (AvgIpc) is 2.84. The first-order chi connectivity index (χ1) is 7.30. The van der Waals surface area contributed by atoms with Crippen LogP contribution in [-0.2, 0) is 9.16 Å². The predicted molar refractivity (Wildman–Crippen MR) is 60.6 cm³/mol. The summed E-state index contributed by atoms with van der Waals surface area (Å²) in [6, 6.07) is 0. The van der Waals surface area contributed by atoms with Crippen LogP contribution in [0.4, 0.5) is 0 Å². The van der Waals surface area contributed by atoms with Crippen LogP contribution >= 0.6 is 0 Å². The van der Waals surface area contributed by atoms with E-state index in [1.165, 1.54) is 6.42 Å². The van der Waals surface area contributed by atoms with E-state index in [2.05, 4.69) is 25.4 Å². The Morgan fingerprint density at radius 2 is 2.33 bits per heavy atom. The molecule has 0 aromatic rings. The molecule has 2 aliphatic carbocycles. The van der Waals surface area contributed by atoms with Crippen LogP contribution < -0.4 is 0 Å². The summed E-state index contributed by atoms with van der Waals surface area (Å²) in [7, 11) is 0. The van der Waals surface area contributed by atoms with E-state index < -0.39 is 0 Å². The summed E-state index contributed by atoms with van der Waals surface area (Å²) in [6.07, 6.45) is 11.0. The van der Waals surface area contributed by atoms with Crippen LogP contribution in [0.25, 0.3) is 0 Å². The Morgan fingerprint density at radius 3 is 2.87 bits per heavy atom. The molecule has 2 aliphatic rings. The molecule has 0 heterocycles. The van der Waals surface area contributed by atoms with Gasteiger partial charge in [0.1, 0.15) is 0 Å². The summed E-state index contributed by atoms with van der Waals surface area (Å²) in [5.41, 5.74) is -0.245. The molecular formula is C13H20O2. The highest BCUT2D eigenvalue weighted by Gasteiger charge is 2.45. The Kier molecular flexibility index (Phi) is 3.25. The molecule has 0 spiro atoms.